The van der Waals surface area contributed by atoms with Crippen LogP contribution in [-0.2, 0) is 9.59 Å². The standard InChI is InChI=1S/C17H14ClFN2O2/c18-12-5-7-13(8-6-12)20-17(23)11-9-16(22)21(10-11)15-4-2-1-3-14(15)19/h1-8,11H,9-10H2,(H,20,23). The Labute approximate surface area is 137 Å². The molecule has 4 nitrogen and oxygen atoms in total. The lowest BCUT2D eigenvalue weighted by Gasteiger charge is -2.17. The third-order valence-corrected chi connectivity index (χ3v) is 4.00. The average molecular weight is 333 g/mol. The average Bonchev–Trinajstić information content (AvgIpc) is 2.92. The second kappa shape index (κ2) is 6.38. The summed E-state index contributed by atoms with van der Waals surface area (Å²) in [5, 5.41) is 3.32. The van der Waals surface area contributed by atoms with E-state index in [1.165, 1.54) is 17.0 Å². The molecular weight excluding hydrogens is 319 g/mol. The van der Waals surface area contributed by atoms with E-state index in [-0.39, 0.29) is 30.5 Å². The number of anilines is 2. The summed E-state index contributed by atoms with van der Waals surface area (Å²) < 4.78 is 13.8. The maximum absolute atomic E-state index is 13.8. The number of para-hydroxylation sites is 1. The van der Waals surface area contributed by atoms with E-state index >= 15 is 0 Å². The fraction of sp³-hybridized carbons (Fsp3) is 0.176. The van der Waals surface area contributed by atoms with Crippen molar-refractivity contribution in [2.75, 3.05) is 16.8 Å². The van der Waals surface area contributed by atoms with Gasteiger partial charge in [0.2, 0.25) is 11.8 Å². The zero-order valence-electron chi connectivity index (χ0n) is 12.1. The monoisotopic (exact) mass is 332 g/mol. The van der Waals surface area contributed by atoms with E-state index in [4.69, 9.17) is 11.6 Å². The summed E-state index contributed by atoms with van der Waals surface area (Å²) in [6, 6.07) is 12.8. The highest BCUT2D eigenvalue weighted by molar-refractivity contribution is 6.30. The Hall–Kier alpha value is -2.40. The third kappa shape index (κ3) is 3.35. The number of rotatable bonds is 3. The van der Waals surface area contributed by atoms with Crippen LogP contribution in [0.1, 0.15) is 6.42 Å². The van der Waals surface area contributed by atoms with Crippen LogP contribution in [0.4, 0.5) is 15.8 Å². The predicted octanol–water partition coefficient (Wildman–Crippen LogP) is 3.47. The van der Waals surface area contributed by atoms with Gasteiger partial charge in [0.05, 0.1) is 11.6 Å². The molecule has 0 aromatic heterocycles. The third-order valence-electron chi connectivity index (χ3n) is 3.75. The second-order valence-corrected chi connectivity index (χ2v) is 5.79. The normalized spacial score (nSPS) is 17.4. The molecule has 2 aromatic rings. The molecule has 1 N–H and O–H groups in total. The second-order valence-electron chi connectivity index (χ2n) is 5.35. The first-order valence-electron chi connectivity index (χ1n) is 7.16. The number of carbonyl (C=O) groups is 2. The van der Waals surface area contributed by atoms with Crippen LogP contribution in [-0.4, -0.2) is 18.4 Å². The number of hydrogen-bond acceptors (Lipinski definition) is 2. The molecule has 0 radical (unpaired) electrons. The summed E-state index contributed by atoms with van der Waals surface area (Å²) in [6.45, 7) is 0.166. The van der Waals surface area contributed by atoms with Crippen molar-refractivity contribution in [1.29, 1.82) is 0 Å². The highest BCUT2D eigenvalue weighted by Crippen LogP contribution is 2.28. The van der Waals surface area contributed by atoms with Crippen LogP contribution >= 0.6 is 11.6 Å². The Morgan fingerprint density at radius 2 is 1.87 bits per heavy atom. The van der Waals surface area contributed by atoms with Crippen molar-refractivity contribution >= 4 is 34.8 Å². The molecule has 0 spiro atoms. The topological polar surface area (TPSA) is 49.4 Å². The number of hydrogen-bond donors (Lipinski definition) is 1. The van der Waals surface area contributed by atoms with Crippen molar-refractivity contribution in [3.05, 3.63) is 59.4 Å². The minimum Gasteiger partial charge on any atom is -0.326 e. The molecule has 1 fully saturated rings. The number of halogens is 2. The van der Waals surface area contributed by atoms with E-state index in [1.807, 2.05) is 0 Å². The first-order chi connectivity index (χ1) is 11.0. The van der Waals surface area contributed by atoms with Crippen molar-refractivity contribution in [1.82, 2.24) is 0 Å². The maximum atomic E-state index is 13.8. The Kier molecular flexibility index (Phi) is 4.30. The van der Waals surface area contributed by atoms with E-state index in [2.05, 4.69) is 5.32 Å². The number of nitrogens with one attached hydrogen (secondary N) is 1. The lowest BCUT2D eigenvalue weighted by molar-refractivity contribution is -0.122. The van der Waals surface area contributed by atoms with Gasteiger partial charge in [-0.25, -0.2) is 4.39 Å². The Morgan fingerprint density at radius 3 is 2.57 bits per heavy atom. The van der Waals surface area contributed by atoms with Crippen LogP contribution in [0.2, 0.25) is 5.02 Å². The van der Waals surface area contributed by atoms with Gasteiger partial charge in [-0.2, -0.15) is 0 Å². The number of amides is 2. The van der Waals surface area contributed by atoms with Gasteiger partial charge in [-0.1, -0.05) is 23.7 Å². The van der Waals surface area contributed by atoms with Gasteiger partial charge >= 0.3 is 0 Å². The van der Waals surface area contributed by atoms with Crippen molar-refractivity contribution < 1.29 is 14.0 Å². The Balaban J connectivity index is 1.71. The van der Waals surface area contributed by atoms with E-state index < -0.39 is 11.7 Å². The summed E-state index contributed by atoms with van der Waals surface area (Å²) in [5.41, 5.74) is 0.815. The first-order valence-corrected chi connectivity index (χ1v) is 7.54. The summed E-state index contributed by atoms with van der Waals surface area (Å²) in [5.74, 6) is -1.51. The largest absolute Gasteiger partial charge is 0.326 e. The Morgan fingerprint density at radius 1 is 1.17 bits per heavy atom. The van der Waals surface area contributed by atoms with E-state index in [0.29, 0.717) is 10.7 Å². The lowest BCUT2D eigenvalue weighted by atomic mass is 10.1. The highest BCUT2D eigenvalue weighted by atomic mass is 35.5. The first kappa shape index (κ1) is 15.5. The van der Waals surface area contributed by atoms with Gasteiger partial charge in [-0.05, 0) is 36.4 Å². The van der Waals surface area contributed by atoms with Gasteiger partial charge in [0.25, 0.3) is 0 Å². The molecule has 1 heterocycles. The minimum atomic E-state index is -0.516. The summed E-state index contributed by atoms with van der Waals surface area (Å²) >= 11 is 5.80. The quantitative estimate of drug-likeness (QED) is 0.935. The molecule has 1 unspecified atom stereocenters. The van der Waals surface area contributed by atoms with Crippen LogP contribution < -0.4 is 10.2 Å². The molecular formula is C17H14ClFN2O2. The van der Waals surface area contributed by atoms with Gasteiger partial charge in [-0.15, -0.1) is 0 Å². The van der Waals surface area contributed by atoms with Crippen molar-refractivity contribution in [3.8, 4) is 0 Å². The van der Waals surface area contributed by atoms with E-state index in [9.17, 15) is 14.0 Å². The molecule has 118 valence electrons. The molecule has 1 aliphatic rings. The SMILES string of the molecule is O=C(Nc1ccc(Cl)cc1)C1CC(=O)N(c2ccccc2F)C1. The smallest absolute Gasteiger partial charge is 0.229 e. The van der Waals surface area contributed by atoms with Crippen molar-refractivity contribution in [2.45, 2.75) is 6.42 Å². The summed E-state index contributed by atoms with van der Waals surface area (Å²) in [4.78, 5) is 25.7. The fourth-order valence-corrected chi connectivity index (χ4v) is 2.69. The highest BCUT2D eigenvalue weighted by Gasteiger charge is 2.36. The molecule has 0 bridgehead atoms. The molecule has 0 saturated carbocycles. The number of nitrogens with zero attached hydrogens (tertiary/aromatic N) is 1. The van der Waals surface area contributed by atoms with Gasteiger partial charge in [0, 0.05) is 23.7 Å². The van der Waals surface area contributed by atoms with Crippen LogP contribution in [0.5, 0.6) is 0 Å². The summed E-state index contributed by atoms with van der Waals surface area (Å²) in [6.07, 6.45) is 0.0633. The molecule has 23 heavy (non-hydrogen) atoms. The maximum Gasteiger partial charge on any atom is 0.229 e. The van der Waals surface area contributed by atoms with Gasteiger partial charge in [0.1, 0.15) is 5.82 Å². The number of benzene rings is 2. The van der Waals surface area contributed by atoms with Gasteiger partial charge in [0.15, 0.2) is 0 Å². The Bertz CT molecular complexity index is 749. The fourth-order valence-electron chi connectivity index (χ4n) is 2.56. The van der Waals surface area contributed by atoms with Crippen LogP contribution in [0, 0.1) is 11.7 Å². The van der Waals surface area contributed by atoms with E-state index in [0.717, 1.165) is 0 Å². The van der Waals surface area contributed by atoms with Crippen LogP contribution in [0.3, 0.4) is 0 Å². The molecule has 1 aliphatic heterocycles. The van der Waals surface area contributed by atoms with Crippen LogP contribution in [0.25, 0.3) is 0 Å². The van der Waals surface area contributed by atoms with Gasteiger partial charge < -0.3 is 10.2 Å². The summed E-state index contributed by atoms with van der Waals surface area (Å²) in [7, 11) is 0. The zero-order chi connectivity index (χ0) is 16.4. The van der Waals surface area contributed by atoms with Crippen molar-refractivity contribution in [2.24, 2.45) is 5.92 Å². The van der Waals surface area contributed by atoms with Gasteiger partial charge in [-0.3, -0.25) is 9.59 Å². The molecule has 6 heteroatoms. The zero-order valence-corrected chi connectivity index (χ0v) is 12.9. The minimum absolute atomic E-state index is 0.0633. The van der Waals surface area contributed by atoms with Crippen LogP contribution in [0.15, 0.2) is 48.5 Å². The molecule has 2 amide bonds. The molecule has 0 aliphatic carbocycles. The predicted molar refractivity (Wildman–Crippen MR) is 86.9 cm³/mol. The molecule has 1 saturated heterocycles. The van der Waals surface area contributed by atoms with Crippen molar-refractivity contribution in [3.63, 3.8) is 0 Å². The molecule has 3 rings (SSSR count). The molecule has 1 atom stereocenters. The lowest BCUT2D eigenvalue weighted by Crippen LogP contribution is -2.28. The number of carbonyl (C=O) groups excluding carboxylic acids is 2. The van der Waals surface area contributed by atoms with E-state index in [1.54, 1.807) is 36.4 Å². The molecule has 2 aromatic carbocycles.